The van der Waals surface area contributed by atoms with Crippen LogP contribution in [0.25, 0.3) is 16.3 Å². The van der Waals surface area contributed by atoms with Crippen molar-refractivity contribution in [3.05, 3.63) is 78.6 Å². The van der Waals surface area contributed by atoms with Gasteiger partial charge in [0.05, 0.1) is 26.2 Å². The molecule has 0 saturated heterocycles. The zero-order chi connectivity index (χ0) is 22.2. The average molecular weight is 481 g/mol. The first-order valence-electron chi connectivity index (χ1n) is 9.15. The van der Waals surface area contributed by atoms with Gasteiger partial charge in [-0.15, -0.1) is 5.10 Å². The Hall–Kier alpha value is -3.74. The summed E-state index contributed by atoms with van der Waals surface area (Å²) in [6.07, 6.45) is 3.22. The van der Waals surface area contributed by atoms with Crippen molar-refractivity contribution in [2.75, 3.05) is 5.43 Å². The molecule has 1 aliphatic rings. The Balaban J connectivity index is 1.47. The lowest BCUT2D eigenvalue weighted by molar-refractivity contribution is -0.384. The van der Waals surface area contributed by atoms with E-state index in [2.05, 4.69) is 20.6 Å². The number of aromatic nitrogens is 2. The monoisotopic (exact) mass is 480 g/mol. The fraction of sp³-hybridized carbons (Fsp3) is 0. The molecule has 2 aromatic heterocycles. The Morgan fingerprint density at radius 3 is 2.84 bits per heavy atom. The predicted molar refractivity (Wildman–Crippen MR) is 130 cm³/mol. The van der Waals surface area contributed by atoms with Crippen LogP contribution in [0.5, 0.6) is 5.88 Å². The first-order valence-corrected chi connectivity index (χ1v) is 11.2. The van der Waals surface area contributed by atoms with Gasteiger partial charge < -0.3 is 5.11 Å². The van der Waals surface area contributed by atoms with Crippen LogP contribution in [0.3, 0.4) is 0 Å². The molecule has 158 valence electrons. The second-order valence-electron chi connectivity index (χ2n) is 6.59. The molecule has 0 amide bonds. The van der Waals surface area contributed by atoms with E-state index in [0.717, 1.165) is 10.2 Å². The first kappa shape index (κ1) is 20.2. The van der Waals surface area contributed by atoms with E-state index in [1.807, 2.05) is 24.3 Å². The maximum Gasteiger partial charge on any atom is 0.270 e. The van der Waals surface area contributed by atoms with Crippen LogP contribution >= 0.6 is 34.9 Å². The molecule has 0 unspecified atom stereocenters. The number of nitro groups is 1. The third-order valence-electron chi connectivity index (χ3n) is 4.56. The van der Waals surface area contributed by atoms with Gasteiger partial charge in [0.25, 0.3) is 5.69 Å². The maximum atomic E-state index is 11.1. The summed E-state index contributed by atoms with van der Waals surface area (Å²) < 4.78 is 2.80. The van der Waals surface area contributed by atoms with Crippen molar-refractivity contribution in [2.45, 2.75) is 0 Å². The first-order chi connectivity index (χ1) is 15.5. The topological polar surface area (TPSA) is 118 Å². The van der Waals surface area contributed by atoms with Crippen LogP contribution in [-0.2, 0) is 0 Å². The predicted octanol–water partition coefficient (Wildman–Crippen LogP) is 5.25. The van der Waals surface area contributed by atoms with E-state index in [1.54, 1.807) is 18.2 Å². The van der Waals surface area contributed by atoms with E-state index < -0.39 is 4.92 Å². The lowest BCUT2D eigenvalue weighted by Crippen LogP contribution is -2.07. The third-order valence-corrected chi connectivity index (χ3v) is 6.81. The summed E-state index contributed by atoms with van der Waals surface area (Å²) in [6, 6.07) is 13.9. The van der Waals surface area contributed by atoms with E-state index in [4.69, 9.17) is 12.2 Å². The number of hydrogen-bond donors (Lipinski definition) is 2. The number of fused-ring (bicyclic) bond motifs is 1. The number of benzene rings is 2. The van der Waals surface area contributed by atoms with Crippen molar-refractivity contribution in [2.24, 2.45) is 10.2 Å². The molecular weight excluding hydrogens is 468 g/mol. The third kappa shape index (κ3) is 3.70. The highest BCUT2D eigenvalue weighted by Crippen LogP contribution is 2.32. The van der Waals surface area contributed by atoms with Crippen molar-refractivity contribution in [3.8, 4) is 5.88 Å². The van der Waals surface area contributed by atoms with Crippen molar-refractivity contribution >= 4 is 73.9 Å². The summed E-state index contributed by atoms with van der Waals surface area (Å²) in [5.74, 6) is -0.0783. The minimum absolute atomic E-state index is 0.0406. The average Bonchev–Trinajstić information content (AvgIpc) is 3.48. The highest BCUT2D eigenvalue weighted by atomic mass is 32.1. The zero-order valence-electron chi connectivity index (χ0n) is 16.0. The van der Waals surface area contributed by atoms with Gasteiger partial charge in [-0.3, -0.25) is 15.5 Å². The molecule has 5 rings (SSSR count). The Morgan fingerprint density at radius 1 is 1.19 bits per heavy atom. The second kappa shape index (κ2) is 8.07. The van der Waals surface area contributed by atoms with Crippen molar-refractivity contribution < 1.29 is 10.0 Å². The summed E-state index contributed by atoms with van der Waals surface area (Å²) >= 11 is 8.06. The summed E-state index contributed by atoms with van der Waals surface area (Å²) in [4.78, 5) is 15.6. The SMILES string of the molecule is O=[N+]([O-])c1cccc(C2=NN=CC2=Cc2sc(=S)n(Nc3nc4ccccc4s3)c2O)c1. The molecule has 12 heteroatoms. The number of rotatable bonds is 5. The van der Waals surface area contributed by atoms with Gasteiger partial charge in [-0.1, -0.05) is 46.9 Å². The van der Waals surface area contributed by atoms with Crippen LogP contribution in [0.2, 0.25) is 0 Å². The Morgan fingerprint density at radius 2 is 2.03 bits per heavy atom. The van der Waals surface area contributed by atoms with Crippen LogP contribution in [0.4, 0.5) is 10.8 Å². The maximum absolute atomic E-state index is 11.1. The van der Waals surface area contributed by atoms with Gasteiger partial charge in [-0.2, -0.15) is 9.78 Å². The highest BCUT2D eigenvalue weighted by molar-refractivity contribution is 7.73. The molecule has 1 aliphatic heterocycles. The van der Waals surface area contributed by atoms with Gasteiger partial charge in [0.2, 0.25) is 11.0 Å². The number of para-hydroxylation sites is 1. The van der Waals surface area contributed by atoms with Crippen molar-refractivity contribution in [1.82, 2.24) is 9.66 Å². The number of thiazole rings is 2. The number of nitro benzene ring substituents is 1. The molecule has 4 aromatic rings. The minimum atomic E-state index is -0.464. The number of anilines is 1. The van der Waals surface area contributed by atoms with E-state index in [0.29, 0.717) is 30.8 Å². The zero-order valence-corrected chi connectivity index (χ0v) is 18.4. The van der Waals surface area contributed by atoms with E-state index in [1.165, 1.54) is 45.7 Å². The number of non-ortho nitro benzene ring substituents is 1. The fourth-order valence-corrected chi connectivity index (χ4v) is 5.13. The number of aromatic hydroxyl groups is 1. The fourth-order valence-electron chi connectivity index (χ4n) is 3.10. The van der Waals surface area contributed by atoms with Crippen molar-refractivity contribution in [1.29, 1.82) is 0 Å². The van der Waals surface area contributed by atoms with Crippen LogP contribution < -0.4 is 5.43 Å². The van der Waals surface area contributed by atoms with Crippen molar-refractivity contribution in [3.63, 3.8) is 0 Å². The standard InChI is InChI=1S/C20H12N6O3S3/c27-18-16(9-12-10-21-23-17(12)11-4-3-5-13(8-11)26(28)29)32-20(30)25(18)24-19-22-14-6-1-2-7-15(14)31-19/h1-10,27H,(H,22,24). The quantitative estimate of drug-likeness (QED) is 0.229. The molecule has 9 nitrogen and oxygen atoms in total. The molecule has 2 aromatic carbocycles. The lowest BCUT2D eigenvalue weighted by atomic mass is 10.0. The smallest absolute Gasteiger partial charge is 0.270 e. The minimum Gasteiger partial charge on any atom is -0.492 e. The van der Waals surface area contributed by atoms with Gasteiger partial charge in [0, 0.05) is 23.3 Å². The van der Waals surface area contributed by atoms with Gasteiger partial charge in [-0.25, -0.2) is 4.98 Å². The molecule has 0 atom stereocenters. The highest BCUT2D eigenvalue weighted by Gasteiger charge is 2.19. The summed E-state index contributed by atoms with van der Waals surface area (Å²) in [6.45, 7) is 0. The van der Waals surface area contributed by atoms with Gasteiger partial charge >= 0.3 is 0 Å². The molecule has 0 saturated carbocycles. The summed E-state index contributed by atoms with van der Waals surface area (Å²) in [5.41, 5.74) is 5.49. The molecule has 3 heterocycles. The number of nitrogens with one attached hydrogen (secondary N) is 1. The molecule has 0 fully saturated rings. The Labute approximate surface area is 193 Å². The summed E-state index contributed by atoms with van der Waals surface area (Å²) in [5, 5.41) is 30.5. The molecular formula is C20H12N6O3S3. The molecule has 0 aliphatic carbocycles. The molecule has 0 spiro atoms. The molecule has 32 heavy (non-hydrogen) atoms. The largest absolute Gasteiger partial charge is 0.492 e. The molecule has 2 N–H and O–H groups in total. The van der Waals surface area contributed by atoms with Crippen LogP contribution in [0.15, 0.2) is 64.3 Å². The summed E-state index contributed by atoms with van der Waals surface area (Å²) in [7, 11) is 0. The van der Waals surface area contributed by atoms with E-state index in [-0.39, 0.29) is 11.6 Å². The lowest BCUT2D eigenvalue weighted by Gasteiger charge is -2.05. The van der Waals surface area contributed by atoms with Crippen LogP contribution in [-0.4, -0.2) is 31.6 Å². The van der Waals surface area contributed by atoms with E-state index in [9.17, 15) is 15.2 Å². The number of allylic oxidation sites excluding steroid dienone is 1. The van der Waals surface area contributed by atoms with E-state index >= 15 is 0 Å². The molecule has 0 bridgehead atoms. The van der Waals surface area contributed by atoms with Crippen LogP contribution in [0.1, 0.15) is 10.4 Å². The normalized spacial score (nSPS) is 14.2. The Kier molecular flexibility index (Phi) is 5.09. The molecule has 0 radical (unpaired) electrons. The van der Waals surface area contributed by atoms with Crippen LogP contribution in [0, 0.1) is 14.1 Å². The van der Waals surface area contributed by atoms with Gasteiger partial charge in [-0.05, 0) is 30.4 Å². The number of nitrogens with zero attached hydrogens (tertiary/aromatic N) is 5. The van der Waals surface area contributed by atoms with Gasteiger partial charge in [0.1, 0.15) is 5.71 Å². The number of hydrogen-bond acceptors (Lipinski definition) is 10. The second-order valence-corrected chi connectivity index (χ2v) is 9.30. The van der Waals surface area contributed by atoms with Gasteiger partial charge in [0.15, 0.2) is 3.95 Å². The Bertz CT molecular complexity index is 1500.